The van der Waals surface area contributed by atoms with Crippen LogP contribution in [0.2, 0.25) is 0 Å². The molecular weight excluding hydrogens is 388 g/mol. The van der Waals surface area contributed by atoms with Crippen LogP contribution in [0.4, 0.5) is 4.79 Å². The number of nitriles is 1. The number of likely N-dealkylation sites (tertiary alicyclic amines) is 1. The Morgan fingerprint density at radius 3 is 2.72 bits per heavy atom. The van der Waals surface area contributed by atoms with Crippen molar-refractivity contribution >= 4 is 29.2 Å². The molecule has 29 heavy (non-hydrogen) atoms. The number of nitrogens with one attached hydrogen (secondary N) is 1. The van der Waals surface area contributed by atoms with Gasteiger partial charge in [-0.15, -0.1) is 11.3 Å². The quantitative estimate of drug-likeness (QED) is 0.787. The standard InChI is InChI=1S/C21H20N4O3S/c1-21(15-8-6-14(12-22)7-9-15)19(27)25(20(28)23-21)13-18(26)24-10-2-4-16(24)17-5-3-11-29-17/h3,5-9,11,16H,2,4,10,13H2,1H3,(H,23,28). The Morgan fingerprint density at radius 1 is 1.31 bits per heavy atom. The SMILES string of the molecule is CC1(c2ccc(C#N)cc2)NC(=O)N(CC(=O)N2CCCC2c2cccs2)C1=O. The molecule has 2 unspecified atom stereocenters. The van der Waals surface area contributed by atoms with Crippen molar-refractivity contribution < 1.29 is 14.4 Å². The van der Waals surface area contributed by atoms with Gasteiger partial charge in [0.25, 0.3) is 5.91 Å². The molecule has 0 aliphatic carbocycles. The van der Waals surface area contributed by atoms with Crippen LogP contribution in [0, 0.1) is 11.3 Å². The molecule has 1 aromatic heterocycles. The number of hydrogen-bond acceptors (Lipinski definition) is 5. The molecule has 1 N–H and O–H groups in total. The first-order valence-corrected chi connectivity index (χ1v) is 10.3. The van der Waals surface area contributed by atoms with E-state index in [9.17, 15) is 14.4 Å². The van der Waals surface area contributed by atoms with Crippen molar-refractivity contribution in [2.24, 2.45) is 0 Å². The number of nitrogens with zero attached hydrogens (tertiary/aromatic N) is 3. The van der Waals surface area contributed by atoms with Gasteiger partial charge in [0.1, 0.15) is 12.1 Å². The lowest BCUT2D eigenvalue weighted by atomic mass is 9.91. The molecule has 0 bridgehead atoms. The summed E-state index contributed by atoms with van der Waals surface area (Å²) in [6.45, 7) is 1.96. The van der Waals surface area contributed by atoms with Gasteiger partial charge < -0.3 is 10.2 Å². The molecule has 3 heterocycles. The van der Waals surface area contributed by atoms with Crippen LogP contribution in [0.15, 0.2) is 41.8 Å². The number of urea groups is 1. The molecule has 0 saturated carbocycles. The number of amides is 4. The summed E-state index contributed by atoms with van der Waals surface area (Å²) in [5.74, 6) is -0.694. The van der Waals surface area contributed by atoms with Gasteiger partial charge in [-0.25, -0.2) is 4.79 Å². The highest BCUT2D eigenvalue weighted by Crippen LogP contribution is 2.35. The minimum absolute atomic E-state index is 0.00757. The highest BCUT2D eigenvalue weighted by Gasteiger charge is 2.50. The van der Waals surface area contributed by atoms with Crippen LogP contribution in [-0.2, 0) is 15.1 Å². The van der Waals surface area contributed by atoms with Gasteiger partial charge in [0.2, 0.25) is 5.91 Å². The fourth-order valence-electron chi connectivity index (χ4n) is 3.98. The molecule has 2 aliphatic rings. The van der Waals surface area contributed by atoms with Gasteiger partial charge in [0.05, 0.1) is 17.7 Å². The number of carbonyl (C=O) groups excluding carboxylic acids is 3. The van der Waals surface area contributed by atoms with Crippen LogP contribution >= 0.6 is 11.3 Å². The molecule has 7 nitrogen and oxygen atoms in total. The fraction of sp³-hybridized carbons (Fsp3) is 0.333. The second-order valence-corrected chi connectivity index (χ2v) is 8.38. The van der Waals surface area contributed by atoms with E-state index >= 15 is 0 Å². The summed E-state index contributed by atoms with van der Waals surface area (Å²) in [7, 11) is 0. The van der Waals surface area contributed by atoms with Gasteiger partial charge >= 0.3 is 6.03 Å². The number of imide groups is 1. The van der Waals surface area contributed by atoms with Crippen molar-refractivity contribution in [2.45, 2.75) is 31.3 Å². The molecule has 8 heteroatoms. The van der Waals surface area contributed by atoms with E-state index in [1.807, 2.05) is 23.6 Å². The van der Waals surface area contributed by atoms with E-state index in [0.29, 0.717) is 17.7 Å². The van der Waals surface area contributed by atoms with Crippen LogP contribution in [0.5, 0.6) is 0 Å². The maximum atomic E-state index is 13.1. The number of benzene rings is 1. The third kappa shape index (κ3) is 3.28. The minimum atomic E-state index is -1.26. The summed E-state index contributed by atoms with van der Waals surface area (Å²) in [5.41, 5.74) is -0.221. The van der Waals surface area contributed by atoms with Gasteiger partial charge in [-0.3, -0.25) is 14.5 Å². The van der Waals surface area contributed by atoms with Gasteiger partial charge in [0, 0.05) is 11.4 Å². The first kappa shape index (κ1) is 19.2. The largest absolute Gasteiger partial charge is 0.333 e. The average molecular weight is 408 g/mol. The zero-order chi connectivity index (χ0) is 20.6. The monoisotopic (exact) mass is 408 g/mol. The van der Waals surface area contributed by atoms with Crippen molar-refractivity contribution in [1.82, 2.24) is 15.1 Å². The van der Waals surface area contributed by atoms with Gasteiger partial charge in [-0.1, -0.05) is 18.2 Å². The normalized spacial score (nSPS) is 23.9. The van der Waals surface area contributed by atoms with E-state index < -0.39 is 17.5 Å². The summed E-state index contributed by atoms with van der Waals surface area (Å²) in [6, 6.07) is 11.9. The van der Waals surface area contributed by atoms with Crippen LogP contribution < -0.4 is 5.32 Å². The smallest absolute Gasteiger partial charge is 0.325 e. The predicted molar refractivity (Wildman–Crippen MR) is 107 cm³/mol. The third-order valence-corrected chi connectivity index (χ3v) is 6.58. The van der Waals surface area contributed by atoms with Gasteiger partial charge in [0.15, 0.2) is 0 Å². The molecule has 0 spiro atoms. The van der Waals surface area contributed by atoms with Gasteiger partial charge in [-0.2, -0.15) is 5.26 Å². The summed E-state index contributed by atoms with van der Waals surface area (Å²) in [5, 5.41) is 13.6. The van der Waals surface area contributed by atoms with E-state index in [4.69, 9.17) is 5.26 Å². The molecule has 4 rings (SSSR count). The molecule has 1 aromatic carbocycles. The Bertz CT molecular complexity index is 996. The van der Waals surface area contributed by atoms with E-state index in [2.05, 4.69) is 5.32 Å². The van der Waals surface area contributed by atoms with Crippen molar-refractivity contribution in [3.63, 3.8) is 0 Å². The summed E-state index contributed by atoms with van der Waals surface area (Å²) >= 11 is 1.61. The zero-order valence-electron chi connectivity index (χ0n) is 15.9. The Kier molecular flexibility index (Phi) is 4.84. The molecule has 4 amide bonds. The van der Waals surface area contributed by atoms with Crippen molar-refractivity contribution in [2.75, 3.05) is 13.1 Å². The second-order valence-electron chi connectivity index (χ2n) is 7.40. The maximum absolute atomic E-state index is 13.1. The summed E-state index contributed by atoms with van der Waals surface area (Å²) in [6.07, 6.45) is 1.78. The summed E-state index contributed by atoms with van der Waals surface area (Å²) < 4.78 is 0. The lowest BCUT2D eigenvalue weighted by molar-refractivity contribution is -0.139. The number of rotatable bonds is 4. The second kappa shape index (κ2) is 7.33. The first-order chi connectivity index (χ1) is 13.9. The van der Waals surface area contributed by atoms with Crippen molar-refractivity contribution in [3.8, 4) is 6.07 Å². The molecule has 2 atom stereocenters. The number of thiophene rings is 1. The Labute approximate surface area is 172 Å². The Morgan fingerprint density at radius 2 is 2.07 bits per heavy atom. The fourth-order valence-corrected chi connectivity index (χ4v) is 4.86. The molecule has 2 saturated heterocycles. The molecular formula is C21H20N4O3S. The van der Waals surface area contributed by atoms with E-state index in [1.54, 1.807) is 47.4 Å². The number of hydrogen-bond donors (Lipinski definition) is 1. The summed E-state index contributed by atoms with van der Waals surface area (Å²) in [4.78, 5) is 42.4. The highest BCUT2D eigenvalue weighted by molar-refractivity contribution is 7.10. The van der Waals surface area contributed by atoms with Crippen LogP contribution in [-0.4, -0.2) is 40.7 Å². The minimum Gasteiger partial charge on any atom is -0.333 e. The molecule has 0 radical (unpaired) electrons. The van der Waals surface area contributed by atoms with E-state index in [1.165, 1.54) is 0 Å². The van der Waals surface area contributed by atoms with Crippen LogP contribution in [0.1, 0.15) is 41.8 Å². The van der Waals surface area contributed by atoms with Crippen molar-refractivity contribution in [1.29, 1.82) is 5.26 Å². The number of carbonyl (C=O) groups is 3. The predicted octanol–water partition coefficient (Wildman–Crippen LogP) is 2.75. The lowest BCUT2D eigenvalue weighted by Crippen LogP contribution is -2.44. The average Bonchev–Trinajstić information content (AvgIpc) is 3.45. The van der Waals surface area contributed by atoms with E-state index in [0.717, 1.165) is 22.6 Å². The molecule has 2 aliphatic heterocycles. The van der Waals surface area contributed by atoms with Gasteiger partial charge in [-0.05, 0) is 48.9 Å². The zero-order valence-corrected chi connectivity index (χ0v) is 16.7. The first-order valence-electron chi connectivity index (χ1n) is 9.41. The van der Waals surface area contributed by atoms with E-state index in [-0.39, 0.29) is 18.5 Å². The Balaban J connectivity index is 1.52. The lowest BCUT2D eigenvalue weighted by Gasteiger charge is -2.26. The maximum Gasteiger partial charge on any atom is 0.325 e. The molecule has 2 aromatic rings. The van der Waals surface area contributed by atoms with Crippen LogP contribution in [0.25, 0.3) is 0 Å². The Hall–Kier alpha value is -3.18. The van der Waals surface area contributed by atoms with Crippen molar-refractivity contribution in [3.05, 3.63) is 57.8 Å². The topological polar surface area (TPSA) is 93.5 Å². The van der Waals surface area contributed by atoms with Crippen LogP contribution in [0.3, 0.4) is 0 Å². The molecule has 2 fully saturated rings. The highest BCUT2D eigenvalue weighted by atomic mass is 32.1. The molecule has 148 valence electrons. The third-order valence-electron chi connectivity index (χ3n) is 5.60.